The maximum Gasteiger partial charge on any atom is 0.305 e. The van der Waals surface area contributed by atoms with Gasteiger partial charge in [0.1, 0.15) is 0 Å². The van der Waals surface area contributed by atoms with E-state index in [1.54, 1.807) is 0 Å². The van der Waals surface area contributed by atoms with Gasteiger partial charge < -0.3 is 15.0 Å². The van der Waals surface area contributed by atoms with Gasteiger partial charge in [0.25, 0.3) is 0 Å². The maximum absolute atomic E-state index is 11.2. The molecule has 1 heterocycles. The average Bonchev–Trinajstić information content (AvgIpc) is 2.45. The van der Waals surface area contributed by atoms with E-state index in [0.29, 0.717) is 19.1 Å². The van der Waals surface area contributed by atoms with Gasteiger partial charge in [-0.05, 0) is 65.2 Å². The number of nitrogens with zero attached hydrogens (tertiary/aromatic N) is 1. The van der Waals surface area contributed by atoms with E-state index >= 15 is 0 Å². The highest BCUT2D eigenvalue weighted by molar-refractivity contribution is 5.69. The molecule has 1 saturated heterocycles. The zero-order valence-electron chi connectivity index (χ0n) is 13.3. The van der Waals surface area contributed by atoms with Crippen molar-refractivity contribution in [2.24, 2.45) is 0 Å². The molecule has 0 radical (unpaired) electrons. The van der Waals surface area contributed by atoms with Crippen LogP contribution in [-0.2, 0) is 9.53 Å². The molecule has 1 aliphatic rings. The van der Waals surface area contributed by atoms with Gasteiger partial charge in [-0.25, -0.2) is 0 Å². The van der Waals surface area contributed by atoms with E-state index in [9.17, 15) is 4.79 Å². The minimum Gasteiger partial charge on any atom is -0.466 e. The molecule has 0 amide bonds. The minimum absolute atomic E-state index is 0.0521. The Hall–Kier alpha value is -0.610. The van der Waals surface area contributed by atoms with E-state index in [4.69, 9.17) is 4.74 Å². The molecule has 118 valence electrons. The van der Waals surface area contributed by atoms with Crippen LogP contribution in [-0.4, -0.2) is 49.7 Å². The van der Waals surface area contributed by atoms with Gasteiger partial charge >= 0.3 is 5.97 Å². The lowest BCUT2D eigenvalue weighted by atomic mass is 10.0. The van der Waals surface area contributed by atoms with Gasteiger partial charge in [-0.15, -0.1) is 0 Å². The molecule has 4 nitrogen and oxygen atoms in total. The molecule has 0 aromatic carbocycles. The summed E-state index contributed by atoms with van der Waals surface area (Å²) >= 11 is 0. The molecule has 0 unspecified atom stereocenters. The van der Waals surface area contributed by atoms with E-state index in [0.717, 1.165) is 25.8 Å². The molecule has 4 heteroatoms. The van der Waals surface area contributed by atoms with Crippen LogP contribution in [0.1, 0.15) is 58.8 Å². The topological polar surface area (TPSA) is 41.6 Å². The molecular weight excluding hydrogens is 252 g/mol. The van der Waals surface area contributed by atoms with Crippen molar-refractivity contribution in [1.29, 1.82) is 0 Å². The molecule has 0 aromatic rings. The predicted octanol–water partition coefficient (Wildman–Crippen LogP) is 2.57. The predicted molar refractivity (Wildman–Crippen MR) is 82.9 cm³/mol. The number of carbonyl (C=O) groups is 1. The summed E-state index contributed by atoms with van der Waals surface area (Å²) in [6, 6.07) is 0.702. The Bertz CT molecular complexity index is 251. The van der Waals surface area contributed by atoms with Gasteiger partial charge in [0, 0.05) is 12.5 Å². The van der Waals surface area contributed by atoms with E-state index in [1.807, 2.05) is 6.92 Å². The van der Waals surface area contributed by atoms with Crippen molar-refractivity contribution in [3.05, 3.63) is 0 Å². The number of ether oxygens (including phenoxy) is 1. The van der Waals surface area contributed by atoms with Crippen LogP contribution in [0.4, 0.5) is 0 Å². The summed E-state index contributed by atoms with van der Waals surface area (Å²) in [5, 5.41) is 3.65. The second kappa shape index (κ2) is 11.1. The second-order valence-corrected chi connectivity index (χ2v) is 5.69. The Morgan fingerprint density at radius 2 is 1.95 bits per heavy atom. The molecule has 0 aromatic heterocycles. The largest absolute Gasteiger partial charge is 0.466 e. The van der Waals surface area contributed by atoms with E-state index < -0.39 is 0 Å². The maximum atomic E-state index is 11.2. The van der Waals surface area contributed by atoms with Crippen LogP contribution in [0, 0.1) is 0 Å². The molecule has 0 spiro atoms. The fourth-order valence-corrected chi connectivity index (χ4v) is 2.79. The molecule has 1 fully saturated rings. The van der Waals surface area contributed by atoms with Crippen molar-refractivity contribution in [3.63, 3.8) is 0 Å². The van der Waals surface area contributed by atoms with Crippen LogP contribution >= 0.6 is 0 Å². The summed E-state index contributed by atoms with van der Waals surface area (Å²) in [7, 11) is 0. The number of rotatable bonds is 10. The third kappa shape index (κ3) is 7.85. The molecular formula is C16H32N2O2. The Kier molecular flexibility index (Phi) is 9.67. The Morgan fingerprint density at radius 3 is 2.60 bits per heavy atom. The zero-order chi connectivity index (χ0) is 14.6. The zero-order valence-corrected chi connectivity index (χ0v) is 13.3. The number of esters is 1. The average molecular weight is 284 g/mol. The standard InChI is InChI=1S/C16H32N2O2/c1-3-12-18-13-9-15(10-14-18)17-11-7-5-6-8-16(19)20-4-2/h15,17H,3-14H2,1-2H3. The SMILES string of the molecule is CCCN1CCC(NCCCCCC(=O)OCC)CC1. The Morgan fingerprint density at radius 1 is 1.20 bits per heavy atom. The van der Waals surface area contributed by atoms with Crippen LogP contribution in [0.3, 0.4) is 0 Å². The molecule has 0 saturated carbocycles. The van der Waals surface area contributed by atoms with Gasteiger partial charge in [-0.3, -0.25) is 4.79 Å². The molecule has 0 aliphatic carbocycles. The first-order chi connectivity index (χ1) is 9.76. The number of nitrogens with one attached hydrogen (secondary N) is 1. The van der Waals surface area contributed by atoms with Crippen molar-refractivity contribution in [2.75, 3.05) is 32.8 Å². The first-order valence-corrected chi connectivity index (χ1v) is 8.37. The van der Waals surface area contributed by atoms with Crippen molar-refractivity contribution in [3.8, 4) is 0 Å². The first-order valence-electron chi connectivity index (χ1n) is 8.37. The highest BCUT2D eigenvalue weighted by Crippen LogP contribution is 2.10. The summed E-state index contributed by atoms with van der Waals surface area (Å²) in [5.74, 6) is -0.0521. The third-order valence-corrected chi connectivity index (χ3v) is 3.92. The highest BCUT2D eigenvalue weighted by atomic mass is 16.5. The lowest BCUT2D eigenvalue weighted by Crippen LogP contribution is -2.42. The van der Waals surface area contributed by atoms with Gasteiger partial charge in [-0.1, -0.05) is 13.3 Å². The van der Waals surface area contributed by atoms with E-state index in [-0.39, 0.29) is 5.97 Å². The lowest BCUT2D eigenvalue weighted by molar-refractivity contribution is -0.143. The van der Waals surface area contributed by atoms with Gasteiger partial charge in [0.2, 0.25) is 0 Å². The summed E-state index contributed by atoms with van der Waals surface area (Å²) in [5.41, 5.74) is 0. The Balaban J connectivity index is 1.91. The van der Waals surface area contributed by atoms with Crippen LogP contribution in [0.15, 0.2) is 0 Å². The number of likely N-dealkylation sites (tertiary alicyclic amines) is 1. The van der Waals surface area contributed by atoms with Crippen LogP contribution in [0.5, 0.6) is 0 Å². The molecule has 0 atom stereocenters. The molecule has 20 heavy (non-hydrogen) atoms. The van der Waals surface area contributed by atoms with Crippen molar-refractivity contribution < 1.29 is 9.53 Å². The summed E-state index contributed by atoms with van der Waals surface area (Å²) in [6.45, 7) is 9.43. The monoisotopic (exact) mass is 284 g/mol. The van der Waals surface area contributed by atoms with E-state index in [1.165, 1.54) is 38.9 Å². The fraction of sp³-hybridized carbons (Fsp3) is 0.938. The molecule has 1 rings (SSSR count). The molecule has 0 bridgehead atoms. The fourth-order valence-electron chi connectivity index (χ4n) is 2.79. The second-order valence-electron chi connectivity index (χ2n) is 5.69. The Labute approximate surface area is 124 Å². The van der Waals surface area contributed by atoms with Crippen molar-refractivity contribution >= 4 is 5.97 Å². The summed E-state index contributed by atoms with van der Waals surface area (Å²) < 4.78 is 4.91. The van der Waals surface area contributed by atoms with E-state index in [2.05, 4.69) is 17.1 Å². The first kappa shape index (κ1) is 17.4. The van der Waals surface area contributed by atoms with Gasteiger partial charge in [-0.2, -0.15) is 0 Å². The van der Waals surface area contributed by atoms with Gasteiger partial charge in [0.05, 0.1) is 6.61 Å². The lowest BCUT2D eigenvalue weighted by Gasteiger charge is -2.32. The quantitative estimate of drug-likeness (QED) is 0.494. The molecule has 1 aliphatic heterocycles. The van der Waals surface area contributed by atoms with Crippen LogP contribution < -0.4 is 5.32 Å². The smallest absolute Gasteiger partial charge is 0.305 e. The van der Waals surface area contributed by atoms with Crippen molar-refractivity contribution in [1.82, 2.24) is 10.2 Å². The third-order valence-electron chi connectivity index (χ3n) is 3.92. The number of unbranched alkanes of at least 4 members (excludes halogenated alkanes) is 2. The summed E-state index contributed by atoms with van der Waals surface area (Å²) in [6.07, 6.45) is 7.62. The highest BCUT2D eigenvalue weighted by Gasteiger charge is 2.17. The normalized spacial score (nSPS) is 17.3. The minimum atomic E-state index is -0.0521. The van der Waals surface area contributed by atoms with Crippen molar-refractivity contribution in [2.45, 2.75) is 64.8 Å². The number of piperidine rings is 1. The van der Waals surface area contributed by atoms with Crippen LogP contribution in [0.25, 0.3) is 0 Å². The number of hydrogen-bond acceptors (Lipinski definition) is 4. The number of carbonyl (C=O) groups excluding carboxylic acids is 1. The van der Waals surface area contributed by atoms with Crippen LogP contribution in [0.2, 0.25) is 0 Å². The molecule has 1 N–H and O–H groups in total. The summed E-state index contributed by atoms with van der Waals surface area (Å²) in [4.78, 5) is 13.7. The van der Waals surface area contributed by atoms with Gasteiger partial charge in [0.15, 0.2) is 0 Å². The number of hydrogen-bond donors (Lipinski definition) is 1.